The van der Waals surface area contributed by atoms with Crippen molar-refractivity contribution in [3.05, 3.63) is 112 Å². The van der Waals surface area contributed by atoms with Crippen molar-refractivity contribution < 1.29 is 23.5 Å². The summed E-state index contributed by atoms with van der Waals surface area (Å²) in [6.07, 6.45) is 4.21. The second-order valence-electron chi connectivity index (χ2n) is 9.64. The molecule has 43 heavy (non-hydrogen) atoms. The average Bonchev–Trinajstić information content (AvgIpc) is 3.45. The number of anilines is 3. The summed E-state index contributed by atoms with van der Waals surface area (Å²) in [5, 5.41) is 8.39. The number of urea groups is 1. The van der Waals surface area contributed by atoms with Gasteiger partial charge in [-0.1, -0.05) is 11.6 Å². The van der Waals surface area contributed by atoms with Crippen molar-refractivity contribution in [2.45, 2.75) is 18.6 Å². The van der Waals surface area contributed by atoms with Gasteiger partial charge in [-0.3, -0.25) is 23.9 Å². The lowest BCUT2D eigenvalue weighted by Crippen LogP contribution is -2.45. The molecule has 0 bridgehead atoms. The van der Waals surface area contributed by atoms with Crippen LogP contribution in [0, 0.1) is 5.82 Å². The Hall–Kier alpha value is -5.07. The van der Waals surface area contributed by atoms with Gasteiger partial charge in [-0.15, -0.1) is 0 Å². The van der Waals surface area contributed by atoms with Crippen molar-refractivity contribution in [2.24, 2.45) is 0 Å². The highest BCUT2D eigenvalue weighted by Gasteiger charge is 2.40. The predicted octanol–water partition coefficient (Wildman–Crippen LogP) is 4.54. The van der Waals surface area contributed by atoms with Crippen LogP contribution in [0.1, 0.15) is 16.8 Å². The second kappa shape index (κ2) is 12.8. The number of carbonyl (C=O) groups excluding carboxylic acids is 3. The molecule has 5 rings (SSSR count). The van der Waals surface area contributed by atoms with E-state index in [1.54, 1.807) is 36.4 Å². The van der Waals surface area contributed by atoms with Gasteiger partial charge in [-0.25, -0.2) is 9.18 Å². The number of nitrogens with zero attached hydrogens (tertiary/aromatic N) is 3. The fourth-order valence-corrected chi connectivity index (χ4v) is 4.77. The van der Waals surface area contributed by atoms with Gasteiger partial charge in [0.1, 0.15) is 17.4 Å². The molecule has 13 heteroatoms. The molecule has 3 N–H and O–H groups in total. The lowest BCUT2D eigenvalue weighted by atomic mass is 10.1. The van der Waals surface area contributed by atoms with Gasteiger partial charge in [-0.05, 0) is 60.7 Å². The van der Waals surface area contributed by atoms with E-state index < -0.39 is 41.4 Å². The summed E-state index contributed by atoms with van der Waals surface area (Å²) < 4.78 is 21.8. The minimum absolute atomic E-state index is 0.142. The van der Waals surface area contributed by atoms with Gasteiger partial charge in [0.05, 0.1) is 17.5 Å². The standard InChI is InChI=1S/C30H26ClFN6O5/c1-43-22-16-26(38(17-22)30(42)35-19-6-4-18(31)5-7-19)28(40)36-25-9-8-21(15-24(25)32)37-14-2-3-23(29(37)41)27(39)34-20-10-12-33-13-11-20/h2-15,22,26H,16-17H2,1H3,(H,35,42)(H,36,40)(H,33,34,39)/t22-,26-/m1/s1. The summed E-state index contributed by atoms with van der Waals surface area (Å²) in [6.45, 7) is 0.156. The fourth-order valence-electron chi connectivity index (χ4n) is 4.64. The number of amides is 4. The van der Waals surface area contributed by atoms with E-state index in [-0.39, 0.29) is 29.9 Å². The molecule has 2 aromatic heterocycles. The number of halogens is 2. The number of hydrogen-bond donors (Lipinski definition) is 3. The number of benzene rings is 2. The second-order valence-corrected chi connectivity index (χ2v) is 10.1. The Labute approximate surface area is 250 Å². The number of ether oxygens (including phenoxy) is 1. The Kier molecular flexibility index (Phi) is 8.79. The summed E-state index contributed by atoms with van der Waals surface area (Å²) in [7, 11) is 1.48. The van der Waals surface area contributed by atoms with Gasteiger partial charge in [0.2, 0.25) is 5.91 Å². The Morgan fingerprint density at radius 1 is 0.977 bits per heavy atom. The van der Waals surface area contributed by atoms with Crippen LogP contribution in [0.25, 0.3) is 5.69 Å². The lowest BCUT2D eigenvalue weighted by molar-refractivity contribution is -0.119. The molecule has 220 valence electrons. The zero-order valence-corrected chi connectivity index (χ0v) is 23.5. The van der Waals surface area contributed by atoms with E-state index in [0.717, 1.165) is 10.6 Å². The van der Waals surface area contributed by atoms with Crippen LogP contribution in [0.4, 0.5) is 26.2 Å². The molecule has 0 saturated carbocycles. The van der Waals surface area contributed by atoms with Crippen LogP contribution in [0.15, 0.2) is 90.1 Å². The van der Waals surface area contributed by atoms with Gasteiger partial charge >= 0.3 is 6.03 Å². The van der Waals surface area contributed by atoms with Crippen LogP contribution in [0.2, 0.25) is 5.02 Å². The van der Waals surface area contributed by atoms with Crippen molar-refractivity contribution in [2.75, 3.05) is 29.6 Å². The lowest BCUT2D eigenvalue weighted by Gasteiger charge is -2.24. The first kappa shape index (κ1) is 29.4. The molecule has 2 aromatic carbocycles. The number of likely N-dealkylation sites (tertiary alicyclic amines) is 1. The smallest absolute Gasteiger partial charge is 0.322 e. The topological polar surface area (TPSA) is 135 Å². The van der Waals surface area contributed by atoms with E-state index >= 15 is 4.39 Å². The third kappa shape index (κ3) is 6.71. The normalized spacial score (nSPS) is 16.0. The molecule has 0 radical (unpaired) electrons. The van der Waals surface area contributed by atoms with Crippen molar-refractivity contribution >= 4 is 46.5 Å². The minimum Gasteiger partial charge on any atom is -0.380 e. The quantitative estimate of drug-likeness (QED) is 0.284. The van der Waals surface area contributed by atoms with E-state index in [4.69, 9.17) is 16.3 Å². The first-order chi connectivity index (χ1) is 20.7. The zero-order chi connectivity index (χ0) is 30.5. The summed E-state index contributed by atoms with van der Waals surface area (Å²) in [6, 6.07) is 14.9. The maximum Gasteiger partial charge on any atom is 0.322 e. The molecule has 1 fully saturated rings. The summed E-state index contributed by atoms with van der Waals surface area (Å²) >= 11 is 5.91. The van der Waals surface area contributed by atoms with Crippen LogP contribution < -0.4 is 21.5 Å². The number of nitrogens with one attached hydrogen (secondary N) is 3. The van der Waals surface area contributed by atoms with E-state index in [0.29, 0.717) is 16.4 Å². The van der Waals surface area contributed by atoms with Gasteiger partial charge in [0, 0.05) is 61.1 Å². The zero-order valence-electron chi connectivity index (χ0n) is 22.8. The number of methoxy groups -OCH3 is 1. The van der Waals surface area contributed by atoms with Crippen molar-refractivity contribution in [3.63, 3.8) is 0 Å². The molecule has 1 aliphatic heterocycles. The van der Waals surface area contributed by atoms with Crippen LogP contribution in [-0.4, -0.2) is 58.1 Å². The van der Waals surface area contributed by atoms with Crippen LogP contribution in [0.5, 0.6) is 0 Å². The average molecular weight is 605 g/mol. The van der Waals surface area contributed by atoms with Crippen molar-refractivity contribution in [3.8, 4) is 5.69 Å². The number of hydrogen-bond acceptors (Lipinski definition) is 6. The van der Waals surface area contributed by atoms with Gasteiger partial charge in [0.25, 0.3) is 11.5 Å². The molecule has 1 saturated heterocycles. The third-order valence-corrected chi connectivity index (χ3v) is 7.13. The number of rotatable bonds is 7. The van der Waals surface area contributed by atoms with E-state index in [2.05, 4.69) is 20.9 Å². The molecule has 0 unspecified atom stereocenters. The predicted molar refractivity (Wildman–Crippen MR) is 159 cm³/mol. The molecular weight excluding hydrogens is 579 g/mol. The summed E-state index contributed by atoms with van der Waals surface area (Å²) in [5.74, 6) is -2.06. The van der Waals surface area contributed by atoms with E-state index in [9.17, 15) is 19.2 Å². The molecule has 4 aromatic rings. The fraction of sp³-hybridized carbons (Fsp3) is 0.167. The number of carbonyl (C=O) groups is 3. The van der Waals surface area contributed by atoms with Crippen molar-refractivity contribution in [1.29, 1.82) is 0 Å². The Balaban J connectivity index is 1.31. The largest absolute Gasteiger partial charge is 0.380 e. The first-order valence-corrected chi connectivity index (χ1v) is 13.5. The Morgan fingerprint density at radius 3 is 2.40 bits per heavy atom. The first-order valence-electron chi connectivity index (χ1n) is 13.1. The van der Waals surface area contributed by atoms with Gasteiger partial charge < -0.3 is 25.6 Å². The van der Waals surface area contributed by atoms with E-state index in [1.165, 1.54) is 54.9 Å². The molecule has 4 amide bonds. The Morgan fingerprint density at radius 2 is 1.70 bits per heavy atom. The molecule has 11 nitrogen and oxygen atoms in total. The third-order valence-electron chi connectivity index (χ3n) is 6.87. The SMILES string of the molecule is CO[C@@H]1C[C@H](C(=O)Nc2ccc(-n3cccc(C(=O)Nc4ccncc4)c3=O)cc2F)N(C(=O)Nc2ccc(Cl)cc2)C1. The highest BCUT2D eigenvalue weighted by Crippen LogP contribution is 2.25. The molecule has 3 heterocycles. The van der Waals surface area contributed by atoms with Gasteiger partial charge in [-0.2, -0.15) is 0 Å². The Bertz CT molecular complexity index is 1720. The van der Waals surface area contributed by atoms with Crippen LogP contribution in [-0.2, 0) is 9.53 Å². The summed E-state index contributed by atoms with van der Waals surface area (Å²) in [5.41, 5.74) is 0.133. The highest BCUT2D eigenvalue weighted by atomic mass is 35.5. The van der Waals surface area contributed by atoms with Gasteiger partial charge in [0.15, 0.2) is 0 Å². The molecular formula is C30H26ClFN6O5. The molecule has 1 aliphatic rings. The van der Waals surface area contributed by atoms with Crippen LogP contribution in [0.3, 0.4) is 0 Å². The van der Waals surface area contributed by atoms with Crippen LogP contribution >= 0.6 is 11.6 Å². The summed E-state index contributed by atoms with van der Waals surface area (Å²) in [4.78, 5) is 57.3. The number of aromatic nitrogens is 2. The molecule has 2 atom stereocenters. The molecule has 0 aliphatic carbocycles. The minimum atomic E-state index is -0.936. The van der Waals surface area contributed by atoms with E-state index in [1.807, 2.05) is 0 Å². The number of pyridine rings is 2. The monoisotopic (exact) mass is 604 g/mol. The highest BCUT2D eigenvalue weighted by molar-refractivity contribution is 6.30. The maximum atomic E-state index is 15.2. The van der Waals surface area contributed by atoms with Crippen molar-refractivity contribution in [1.82, 2.24) is 14.5 Å². The maximum absolute atomic E-state index is 15.2. The molecule has 0 spiro atoms.